The number of cyclic esters (lactones) is 1. The lowest BCUT2D eigenvalue weighted by atomic mass is 10.0. The summed E-state index contributed by atoms with van der Waals surface area (Å²) in [5, 5.41) is 0. The minimum atomic E-state index is -1.65. The monoisotopic (exact) mass is 274 g/mol. The van der Waals surface area contributed by atoms with Crippen molar-refractivity contribution in [2.24, 2.45) is 0 Å². The first kappa shape index (κ1) is 11.7. The Morgan fingerprint density at radius 3 is 2.60 bits per heavy atom. The molecule has 2 rings (SSSR count). The first-order valence-electron chi connectivity index (χ1n) is 4.45. The highest BCUT2D eigenvalue weighted by molar-refractivity contribution is 6.67. The Kier molecular flexibility index (Phi) is 3.07. The molecular weight excluding hydrogens is 266 g/mol. The molecule has 0 radical (unpaired) electrons. The van der Waals surface area contributed by atoms with Crippen LogP contribution in [-0.2, 0) is 19.0 Å². The number of ether oxygens (including phenoxy) is 3. The van der Waals surface area contributed by atoms with Gasteiger partial charge in [0.05, 0.1) is 6.42 Å². The summed E-state index contributed by atoms with van der Waals surface area (Å²) in [6.45, 7) is 1.72. The largest absolute Gasteiger partial charge is 0.460 e. The van der Waals surface area contributed by atoms with Gasteiger partial charge in [-0.05, 0) is 6.92 Å². The van der Waals surface area contributed by atoms with Gasteiger partial charge in [0.1, 0.15) is 18.3 Å². The van der Waals surface area contributed by atoms with Crippen molar-refractivity contribution < 1.29 is 19.0 Å². The highest BCUT2D eigenvalue weighted by Gasteiger charge is 2.51. The Bertz CT molecular complexity index is 278. The third-order valence-electron chi connectivity index (χ3n) is 2.36. The molecule has 2 aliphatic rings. The van der Waals surface area contributed by atoms with E-state index >= 15 is 0 Å². The van der Waals surface area contributed by atoms with Crippen LogP contribution >= 0.6 is 34.8 Å². The lowest BCUT2D eigenvalue weighted by Gasteiger charge is -2.27. The predicted octanol–water partition coefficient (Wildman–Crippen LogP) is 1.80. The fourth-order valence-corrected chi connectivity index (χ4v) is 2.03. The highest BCUT2D eigenvalue weighted by Crippen LogP contribution is 2.41. The van der Waals surface area contributed by atoms with Crippen LogP contribution in [0.25, 0.3) is 0 Å². The van der Waals surface area contributed by atoms with Crippen LogP contribution in [-0.4, -0.2) is 34.4 Å². The zero-order valence-electron chi connectivity index (χ0n) is 7.78. The van der Waals surface area contributed by atoms with Crippen molar-refractivity contribution in [3.63, 3.8) is 0 Å². The van der Waals surface area contributed by atoms with Crippen molar-refractivity contribution in [2.75, 3.05) is 0 Å². The second-order valence-corrected chi connectivity index (χ2v) is 5.92. The van der Waals surface area contributed by atoms with Gasteiger partial charge in [0.15, 0.2) is 0 Å². The molecule has 2 aliphatic heterocycles. The molecule has 0 amide bonds. The van der Waals surface area contributed by atoms with E-state index in [-0.39, 0.29) is 30.7 Å². The van der Waals surface area contributed by atoms with Crippen LogP contribution in [0.15, 0.2) is 0 Å². The SMILES string of the molecule is C[C@@H]1OC(=O)C[C@@H]2O[C@@H](C(Cl)(Cl)Cl)O[C@H]12. The number of halogens is 3. The van der Waals surface area contributed by atoms with E-state index in [0.29, 0.717) is 0 Å². The average Bonchev–Trinajstić information content (AvgIpc) is 2.46. The molecule has 0 bridgehead atoms. The summed E-state index contributed by atoms with van der Waals surface area (Å²) in [5.74, 6) is -0.322. The molecule has 0 N–H and O–H groups in total. The Morgan fingerprint density at radius 2 is 2.00 bits per heavy atom. The molecular formula is C8H9Cl3O4. The number of hydrogen-bond donors (Lipinski definition) is 0. The molecule has 0 aromatic heterocycles. The van der Waals surface area contributed by atoms with Crippen molar-refractivity contribution in [3.8, 4) is 0 Å². The summed E-state index contributed by atoms with van der Waals surface area (Å²) < 4.78 is 14.1. The summed E-state index contributed by atoms with van der Waals surface area (Å²) in [5.41, 5.74) is 0. The van der Waals surface area contributed by atoms with Gasteiger partial charge >= 0.3 is 5.97 Å². The maximum Gasteiger partial charge on any atom is 0.308 e. The van der Waals surface area contributed by atoms with E-state index in [1.54, 1.807) is 6.92 Å². The maximum absolute atomic E-state index is 11.1. The summed E-state index contributed by atoms with van der Waals surface area (Å²) in [4.78, 5) is 11.1. The lowest BCUT2D eigenvalue weighted by Crippen LogP contribution is -2.43. The first-order valence-corrected chi connectivity index (χ1v) is 5.58. The number of esters is 1. The Balaban J connectivity index is 2.09. The molecule has 2 saturated heterocycles. The van der Waals surface area contributed by atoms with Gasteiger partial charge in [0, 0.05) is 0 Å². The van der Waals surface area contributed by atoms with Gasteiger partial charge < -0.3 is 14.2 Å². The Hall–Kier alpha value is 0.260. The molecule has 15 heavy (non-hydrogen) atoms. The molecule has 4 nitrogen and oxygen atoms in total. The Labute approximate surface area is 102 Å². The van der Waals surface area contributed by atoms with Crippen molar-refractivity contribution in [1.29, 1.82) is 0 Å². The molecule has 0 spiro atoms. The van der Waals surface area contributed by atoms with E-state index < -0.39 is 10.1 Å². The van der Waals surface area contributed by atoms with Gasteiger partial charge in [0.25, 0.3) is 0 Å². The number of rotatable bonds is 0. The number of carbonyl (C=O) groups excluding carboxylic acids is 1. The fraction of sp³-hybridized carbons (Fsp3) is 0.875. The van der Waals surface area contributed by atoms with Gasteiger partial charge in [-0.2, -0.15) is 0 Å². The molecule has 0 unspecified atom stereocenters. The lowest BCUT2D eigenvalue weighted by molar-refractivity contribution is -0.164. The van der Waals surface area contributed by atoms with Crippen LogP contribution in [0.5, 0.6) is 0 Å². The van der Waals surface area contributed by atoms with Crippen molar-refractivity contribution >= 4 is 40.8 Å². The van der Waals surface area contributed by atoms with E-state index in [9.17, 15) is 4.79 Å². The van der Waals surface area contributed by atoms with Crippen molar-refractivity contribution in [3.05, 3.63) is 0 Å². The smallest absolute Gasteiger partial charge is 0.308 e. The van der Waals surface area contributed by atoms with Gasteiger partial charge in [-0.3, -0.25) is 4.79 Å². The average molecular weight is 276 g/mol. The molecule has 4 atom stereocenters. The van der Waals surface area contributed by atoms with Crippen molar-refractivity contribution in [1.82, 2.24) is 0 Å². The summed E-state index contributed by atoms with van der Waals surface area (Å²) in [6, 6.07) is 0. The van der Waals surface area contributed by atoms with Gasteiger partial charge in [0.2, 0.25) is 10.1 Å². The van der Waals surface area contributed by atoms with E-state index in [1.807, 2.05) is 0 Å². The van der Waals surface area contributed by atoms with Crippen LogP contribution in [0.2, 0.25) is 0 Å². The molecule has 0 aliphatic carbocycles. The maximum atomic E-state index is 11.1. The fourth-order valence-electron chi connectivity index (χ4n) is 1.72. The third-order valence-corrected chi connectivity index (χ3v) is 2.90. The standard InChI is InChI=1S/C8H9Cl3O4/c1-3-6-4(2-5(12)13-3)14-7(15-6)8(9,10)11/h3-4,6-7H,2H2,1H3/t3-,4-,6+,7+/m0/s1. The minimum absolute atomic E-state index is 0.131. The molecule has 0 aromatic rings. The third kappa shape index (κ3) is 2.34. The molecule has 0 saturated carbocycles. The number of hydrogen-bond acceptors (Lipinski definition) is 4. The van der Waals surface area contributed by atoms with E-state index in [2.05, 4.69) is 0 Å². The van der Waals surface area contributed by atoms with Crippen LogP contribution in [0, 0.1) is 0 Å². The number of alkyl halides is 3. The second kappa shape index (κ2) is 3.93. The minimum Gasteiger partial charge on any atom is -0.460 e. The molecule has 7 heteroatoms. The topological polar surface area (TPSA) is 44.8 Å². The number of fused-ring (bicyclic) bond motifs is 1. The van der Waals surface area contributed by atoms with Gasteiger partial charge in [-0.25, -0.2) is 0 Å². The normalized spacial score (nSPS) is 41.2. The van der Waals surface area contributed by atoms with E-state index in [1.165, 1.54) is 0 Å². The molecule has 2 fully saturated rings. The van der Waals surface area contributed by atoms with Crippen LogP contribution in [0.1, 0.15) is 13.3 Å². The van der Waals surface area contributed by atoms with E-state index in [4.69, 9.17) is 49.0 Å². The quantitative estimate of drug-likeness (QED) is 0.499. The Morgan fingerprint density at radius 1 is 1.33 bits per heavy atom. The summed E-state index contributed by atoms with van der Waals surface area (Å²) >= 11 is 16.9. The first-order chi connectivity index (χ1) is 6.88. The van der Waals surface area contributed by atoms with Crippen LogP contribution in [0.4, 0.5) is 0 Å². The second-order valence-electron chi connectivity index (χ2n) is 3.55. The van der Waals surface area contributed by atoms with Gasteiger partial charge in [-0.15, -0.1) is 0 Å². The highest BCUT2D eigenvalue weighted by atomic mass is 35.6. The summed E-state index contributed by atoms with van der Waals surface area (Å²) in [6.07, 6.45) is -1.94. The van der Waals surface area contributed by atoms with Gasteiger partial charge in [-0.1, -0.05) is 34.8 Å². The van der Waals surface area contributed by atoms with E-state index in [0.717, 1.165) is 0 Å². The summed E-state index contributed by atoms with van der Waals surface area (Å²) in [7, 11) is 0. The molecule has 86 valence electrons. The molecule has 2 heterocycles. The van der Waals surface area contributed by atoms with Crippen LogP contribution < -0.4 is 0 Å². The zero-order chi connectivity index (χ0) is 11.2. The predicted molar refractivity (Wildman–Crippen MR) is 54.0 cm³/mol. The zero-order valence-corrected chi connectivity index (χ0v) is 10.1. The molecule has 0 aromatic carbocycles. The van der Waals surface area contributed by atoms with Crippen LogP contribution in [0.3, 0.4) is 0 Å². The number of carbonyl (C=O) groups is 1. The van der Waals surface area contributed by atoms with Crippen molar-refractivity contribution in [2.45, 2.75) is 41.7 Å².